The third-order valence-corrected chi connectivity index (χ3v) is 4.73. The molecular weight excluding hydrogens is 409 g/mol. The first-order chi connectivity index (χ1) is 13.9. The molecule has 148 valence electrons. The van der Waals surface area contributed by atoms with E-state index in [-0.39, 0.29) is 0 Å². The number of ether oxygens (including phenoxy) is 1. The molecule has 3 rings (SSSR count). The van der Waals surface area contributed by atoms with Crippen molar-refractivity contribution in [2.45, 2.75) is 18.9 Å². The fourth-order valence-electron chi connectivity index (χ4n) is 2.92. The largest absolute Gasteiger partial charge is 0.452 e. The van der Waals surface area contributed by atoms with Crippen LogP contribution >= 0.6 is 23.2 Å². The van der Waals surface area contributed by atoms with Gasteiger partial charge in [-0.1, -0.05) is 83.9 Å². The van der Waals surface area contributed by atoms with E-state index in [4.69, 9.17) is 27.9 Å². The second-order valence-corrected chi connectivity index (χ2v) is 7.35. The number of carbonyl (C=O) groups is 2. The number of halogens is 2. The zero-order valence-corrected chi connectivity index (χ0v) is 17.2. The van der Waals surface area contributed by atoms with E-state index in [2.05, 4.69) is 5.32 Å². The number of benzene rings is 3. The number of carbonyl (C=O) groups excluding carboxylic acids is 2. The Labute approximate surface area is 179 Å². The fraction of sp³-hybridized carbons (Fsp3) is 0.130. The molecule has 0 saturated carbocycles. The molecular formula is C23H19Cl2NO3. The lowest BCUT2D eigenvalue weighted by Gasteiger charge is -2.20. The Morgan fingerprint density at radius 1 is 0.828 bits per heavy atom. The van der Waals surface area contributed by atoms with Gasteiger partial charge in [-0.2, -0.15) is 0 Å². The molecule has 4 nitrogen and oxygen atoms in total. The quantitative estimate of drug-likeness (QED) is 0.513. The summed E-state index contributed by atoms with van der Waals surface area (Å²) < 4.78 is 5.50. The Balaban J connectivity index is 1.76. The van der Waals surface area contributed by atoms with E-state index in [1.54, 1.807) is 18.2 Å². The lowest BCUT2D eigenvalue weighted by Crippen LogP contribution is -2.32. The van der Waals surface area contributed by atoms with Crippen molar-refractivity contribution in [2.24, 2.45) is 0 Å². The van der Waals surface area contributed by atoms with Gasteiger partial charge in [-0.3, -0.25) is 9.59 Å². The second-order valence-electron chi connectivity index (χ2n) is 6.48. The maximum absolute atomic E-state index is 13.0. The maximum Gasteiger partial charge on any atom is 0.318 e. The Morgan fingerprint density at radius 2 is 1.31 bits per heavy atom. The molecule has 3 aromatic carbocycles. The first kappa shape index (κ1) is 20.9. The van der Waals surface area contributed by atoms with Crippen LogP contribution in [0.25, 0.3) is 0 Å². The van der Waals surface area contributed by atoms with Gasteiger partial charge in [-0.15, -0.1) is 0 Å². The minimum atomic E-state index is -1.00. The third kappa shape index (κ3) is 5.59. The smallest absolute Gasteiger partial charge is 0.318 e. The van der Waals surface area contributed by atoms with Crippen molar-refractivity contribution in [3.8, 4) is 0 Å². The van der Waals surface area contributed by atoms with Crippen LogP contribution in [0.5, 0.6) is 0 Å². The van der Waals surface area contributed by atoms with Crippen LogP contribution < -0.4 is 5.32 Å². The average Bonchev–Trinajstić information content (AvgIpc) is 2.69. The van der Waals surface area contributed by atoms with Crippen molar-refractivity contribution < 1.29 is 14.3 Å². The molecule has 0 saturated heterocycles. The van der Waals surface area contributed by atoms with Gasteiger partial charge in [-0.05, 0) is 36.2 Å². The Morgan fingerprint density at radius 3 is 1.79 bits per heavy atom. The van der Waals surface area contributed by atoms with E-state index in [0.29, 0.717) is 15.7 Å². The molecule has 6 heteroatoms. The maximum atomic E-state index is 13.0. The van der Waals surface area contributed by atoms with Crippen molar-refractivity contribution in [2.75, 3.05) is 5.32 Å². The molecule has 0 aliphatic rings. The summed E-state index contributed by atoms with van der Waals surface area (Å²) in [4.78, 5) is 25.5. The summed E-state index contributed by atoms with van der Waals surface area (Å²) in [6.45, 7) is 1.52. The van der Waals surface area contributed by atoms with Gasteiger partial charge in [-0.25, -0.2) is 0 Å². The Kier molecular flexibility index (Phi) is 6.91. The van der Waals surface area contributed by atoms with Crippen LogP contribution in [0.2, 0.25) is 10.0 Å². The van der Waals surface area contributed by atoms with Gasteiger partial charge in [0.05, 0.1) is 0 Å². The van der Waals surface area contributed by atoms with Crippen LogP contribution in [0, 0.1) is 0 Å². The summed E-state index contributed by atoms with van der Waals surface area (Å²) in [5.41, 5.74) is 2.01. The van der Waals surface area contributed by atoms with E-state index in [1.165, 1.54) is 6.92 Å². The van der Waals surface area contributed by atoms with Gasteiger partial charge >= 0.3 is 5.97 Å². The highest BCUT2D eigenvalue weighted by molar-refractivity contribution is 6.35. The van der Waals surface area contributed by atoms with Crippen LogP contribution in [0.4, 0.5) is 5.69 Å². The second kappa shape index (κ2) is 9.59. The van der Waals surface area contributed by atoms with Crippen molar-refractivity contribution in [3.05, 3.63) is 100 Å². The zero-order valence-electron chi connectivity index (χ0n) is 15.6. The highest BCUT2D eigenvalue weighted by Crippen LogP contribution is 2.27. The SMILES string of the molecule is C[C@@H](OC(=O)C(c1ccccc1)c1ccccc1)C(=O)Nc1cc(Cl)cc(Cl)c1. The summed E-state index contributed by atoms with van der Waals surface area (Å²) in [7, 11) is 0. The van der Waals surface area contributed by atoms with Gasteiger partial charge in [0.1, 0.15) is 5.92 Å². The highest BCUT2D eigenvalue weighted by atomic mass is 35.5. The molecule has 3 aromatic rings. The highest BCUT2D eigenvalue weighted by Gasteiger charge is 2.27. The first-order valence-electron chi connectivity index (χ1n) is 9.01. The Hall–Kier alpha value is -2.82. The predicted molar refractivity (Wildman–Crippen MR) is 115 cm³/mol. The number of esters is 1. The van der Waals surface area contributed by atoms with E-state index >= 15 is 0 Å². The molecule has 0 aromatic heterocycles. The zero-order chi connectivity index (χ0) is 20.8. The lowest BCUT2D eigenvalue weighted by molar-refractivity contribution is -0.153. The minimum Gasteiger partial charge on any atom is -0.452 e. The molecule has 0 aliphatic carbocycles. The Bertz CT molecular complexity index is 934. The molecule has 1 N–H and O–H groups in total. The first-order valence-corrected chi connectivity index (χ1v) is 9.77. The molecule has 29 heavy (non-hydrogen) atoms. The summed E-state index contributed by atoms with van der Waals surface area (Å²) in [6.07, 6.45) is -1.00. The van der Waals surface area contributed by atoms with Crippen LogP contribution in [0.1, 0.15) is 24.0 Å². The topological polar surface area (TPSA) is 55.4 Å². The molecule has 1 atom stereocenters. The van der Waals surface area contributed by atoms with Gasteiger partial charge in [0.15, 0.2) is 6.10 Å². The summed E-state index contributed by atoms with van der Waals surface area (Å²) in [5, 5.41) is 3.45. The molecule has 1 amide bonds. The fourth-order valence-corrected chi connectivity index (χ4v) is 3.45. The third-order valence-electron chi connectivity index (χ3n) is 4.29. The van der Waals surface area contributed by atoms with E-state index in [1.807, 2.05) is 60.7 Å². The van der Waals surface area contributed by atoms with Crippen molar-refractivity contribution in [1.82, 2.24) is 0 Å². The van der Waals surface area contributed by atoms with Crippen LogP contribution in [-0.2, 0) is 14.3 Å². The van der Waals surface area contributed by atoms with E-state index in [9.17, 15) is 9.59 Å². The number of amides is 1. The van der Waals surface area contributed by atoms with Crippen LogP contribution in [-0.4, -0.2) is 18.0 Å². The van der Waals surface area contributed by atoms with Crippen molar-refractivity contribution in [1.29, 1.82) is 0 Å². The number of nitrogens with one attached hydrogen (secondary N) is 1. The lowest BCUT2D eigenvalue weighted by atomic mass is 9.91. The van der Waals surface area contributed by atoms with Gasteiger partial charge in [0.2, 0.25) is 0 Å². The van der Waals surface area contributed by atoms with Gasteiger partial charge in [0.25, 0.3) is 5.91 Å². The molecule has 0 spiro atoms. The molecule has 0 heterocycles. The van der Waals surface area contributed by atoms with E-state index < -0.39 is 23.9 Å². The summed E-state index contributed by atoms with van der Waals surface area (Å²) in [6, 6.07) is 23.3. The molecule has 0 radical (unpaired) electrons. The number of hydrogen-bond donors (Lipinski definition) is 1. The standard InChI is InChI=1S/C23H19Cl2NO3/c1-15(22(27)26-20-13-18(24)12-19(25)14-20)29-23(28)21(16-8-4-2-5-9-16)17-10-6-3-7-11-17/h2-15,21H,1H3,(H,26,27)/t15-/m1/s1. The number of rotatable bonds is 6. The minimum absolute atomic E-state index is 0.394. The number of anilines is 1. The predicted octanol–water partition coefficient (Wildman–Crippen LogP) is 5.70. The van der Waals surface area contributed by atoms with E-state index in [0.717, 1.165) is 11.1 Å². The molecule has 0 fully saturated rings. The normalized spacial score (nSPS) is 11.7. The molecule has 0 bridgehead atoms. The number of hydrogen-bond acceptors (Lipinski definition) is 3. The molecule has 0 aliphatic heterocycles. The van der Waals surface area contributed by atoms with Crippen LogP contribution in [0.15, 0.2) is 78.9 Å². The summed E-state index contributed by atoms with van der Waals surface area (Å²) >= 11 is 11.9. The van der Waals surface area contributed by atoms with Gasteiger partial charge < -0.3 is 10.1 Å². The molecule has 0 unspecified atom stereocenters. The van der Waals surface area contributed by atoms with Gasteiger partial charge in [0, 0.05) is 15.7 Å². The average molecular weight is 428 g/mol. The summed E-state index contributed by atoms with van der Waals surface area (Å²) in [5.74, 6) is -1.61. The van der Waals surface area contributed by atoms with Crippen LogP contribution in [0.3, 0.4) is 0 Å². The van der Waals surface area contributed by atoms with Crippen molar-refractivity contribution >= 4 is 40.8 Å². The monoisotopic (exact) mass is 427 g/mol. The van der Waals surface area contributed by atoms with Crippen molar-refractivity contribution in [3.63, 3.8) is 0 Å².